The van der Waals surface area contributed by atoms with Gasteiger partial charge in [-0.15, -0.1) is 0 Å². The summed E-state index contributed by atoms with van der Waals surface area (Å²) in [6.07, 6.45) is 1.84. The van der Waals surface area contributed by atoms with E-state index in [2.05, 4.69) is 38.5 Å². The molecule has 0 aliphatic rings. The Labute approximate surface area is 129 Å². The molecule has 0 unspecified atom stereocenters. The van der Waals surface area contributed by atoms with Crippen LogP contribution >= 0.6 is 22.6 Å². The average Bonchev–Trinajstić information content (AvgIpc) is 2.89. The molecular weight excluding hydrogens is 367 g/mol. The second-order valence-corrected chi connectivity index (χ2v) is 5.54. The summed E-state index contributed by atoms with van der Waals surface area (Å²) in [6.45, 7) is 0. The van der Waals surface area contributed by atoms with Gasteiger partial charge in [0.1, 0.15) is 0 Å². The van der Waals surface area contributed by atoms with Crippen LogP contribution in [-0.2, 0) is 4.74 Å². The van der Waals surface area contributed by atoms with Crippen LogP contribution in [-0.4, -0.2) is 22.9 Å². The van der Waals surface area contributed by atoms with Crippen LogP contribution in [0.1, 0.15) is 10.4 Å². The molecule has 0 radical (unpaired) electrons. The van der Waals surface area contributed by atoms with Crippen LogP contribution in [0.5, 0.6) is 0 Å². The smallest absolute Gasteiger partial charge is 0.337 e. The Bertz CT molecular complexity index is 778. The van der Waals surface area contributed by atoms with E-state index in [0.717, 1.165) is 16.6 Å². The first-order valence-electron chi connectivity index (χ1n) is 6.01. The number of hydrogen-bond donors (Lipinski definition) is 0. The van der Waals surface area contributed by atoms with E-state index >= 15 is 0 Å². The van der Waals surface area contributed by atoms with Crippen LogP contribution in [0, 0.1) is 3.57 Å². The summed E-state index contributed by atoms with van der Waals surface area (Å²) < 4.78 is 7.72. The molecule has 0 saturated heterocycles. The van der Waals surface area contributed by atoms with Gasteiger partial charge in [0, 0.05) is 8.96 Å². The lowest BCUT2D eigenvalue weighted by atomic mass is 10.2. The van der Waals surface area contributed by atoms with Gasteiger partial charge in [0.15, 0.2) is 0 Å². The SMILES string of the molecule is COC(=O)c1ccc(-n2ncc3cc(I)ccc32)cc1. The topological polar surface area (TPSA) is 44.1 Å². The zero-order chi connectivity index (χ0) is 14.1. The third kappa shape index (κ3) is 2.29. The number of aromatic nitrogens is 2. The van der Waals surface area contributed by atoms with E-state index in [0.29, 0.717) is 5.56 Å². The van der Waals surface area contributed by atoms with Gasteiger partial charge in [-0.3, -0.25) is 0 Å². The van der Waals surface area contributed by atoms with Gasteiger partial charge < -0.3 is 4.74 Å². The molecule has 0 fully saturated rings. The number of benzene rings is 2. The Kier molecular flexibility index (Phi) is 3.43. The number of hydrogen-bond acceptors (Lipinski definition) is 3. The minimum atomic E-state index is -0.337. The molecule has 0 amide bonds. The number of nitrogens with zero attached hydrogens (tertiary/aromatic N) is 2. The first-order valence-corrected chi connectivity index (χ1v) is 7.09. The number of esters is 1. The Balaban J connectivity index is 2.05. The van der Waals surface area contributed by atoms with Crippen molar-refractivity contribution in [2.75, 3.05) is 7.11 Å². The summed E-state index contributed by atoms with van der Waals surface area (Å²) in [7, 11) is 1.37. The lowest BCUT2D eigenvalue weighted by molar-refractivity contribution is 0.0601. The van der Waals surface area contributed by atoms with Crippen LogP contribution in [0.25, 0.3) is 16.6 Å². The molecule has 0 aliphatic carbocycles. The van der Waals surface area contributed by atoms with Crippen molar-refractivity contribution in [1.29, 1.82) is 0 Å². The number of fused-ring (bicyclic) bond motifs is 1. The Morgan fingerprint density at radius 1 is 1.20 bits per heavy atom. The van der Waals surface area contributed by atoms with Gasteiger partial charge in [0.2, 0.25) is 0 Å². The molecule has 0 bridgehead atoms. The fraction of sp³-hybridized carbons (Fsp3) is 0.0667. The molecule has 0 spiro atoms. The fourth-order valence-corrected chi connectivity index (χ4v) is 2.58. The third-order valence-electron chi connectivity index (χ3n) is 3.06. The summed E-state index contributed by atoms with van der Waals surface area (Å²) >= 11 is 2.28. The molecule has 0 aliphatic heterocycles. The highest BCUT2D eigenvalue weighted by Crippen LogP contribution is 2.20. The Morgan fingerprint density at radius 2 is 1.95 bits per heavy atom. The fourth-order valence-electron chi connectivity index (χ4n) is 2.07. The van der Waals surface area contributed by atoms with Crippen molar-refractivity contribution in [2.45, 2.75) is 0 Å². The van der Waals surface area contributed by atoms with Gasteiger partial charge in [0.05, 0.1) is 30.1 Å². The molecule has 1 heterocycles. The minimum Gasteiger partial charge on any atom is -0.465 e. The number of ether oxygens (including phenoxy) is 1. The van der Waals surface area contributed by atoms with Crippen LogP contribution in [0.3, 0.4) is 0 Å². The molecule has 3 aromatic rings. The number of halogens is 1. The molecule has 2 aromatic carbocycles. The van der Waals surface area contributed by atoms with Crippen molar-refractivity contribution in [1.82, 2.24) is 9.78 Å². The second kappa shape index (κ2) is 5.24. The summed E-state index contributed by atoms with van der Waals surface area (Å²) in [5.74, 6) is -0.337. The molecule has 0 saturated carbocycles. The maximum absolute atomic E-state index is 11.4. The first-order chi connectivity index (χ1) is 9.69. The van der Waals surface area contributed by atoms with E-state index in [1.54, 1.807) is 12.1 Å². The highest BCUT2D eigenvalue weighted by Gasteiger charge is 2.08. The lowest BCUT2D eigenvalue weighted by Gasteiger charge is -2.05. The lowest BCUT2D eigenvalue weighted by Crippen LogP contribution is -2.02. The van der Waals surface area contributed by atoms with Crippen LogP contribution < -0.4 is 0 Å². The second-order valence-electron chi connectivity index (χ2n) is 4.30. The number of rotatable bonds is 2. The predicted molar refractivity (Wildman–Crippen MR) is 85.1 cm³/mol. The van der Waals surface area contributed by atoms with Crippen molar-refractivity contribution in [3.05, 3.63) is 57.8 Å². The van der Waals surface area contributed by atoms with Crippen molar-refractivity contribution in [3.8, 4) is 5.69 Å². The minimum absolute atomic E-state index is 0.337. The van der Waals surface area contributed by atoms with Crippen molar-refractivity contribution < 1.29 is 9.53 Å². The van der Waals surface area contributed by atoms with E-state index in [1.807, 2.05) is 35.1 Å². The van der Waals surface area contributed by atoms with E-state index in [-0.39, 0.29) is 5.97 Å². The summed E-state index contributed by atoms with van der Waals surface area (Å²) in [4.78, 5) is 11.4. The van der Waals surface area contributed by atoms with E-state index in [1.165, 1.54) is 10.7 Å². The number of carbonyl (C=O) groups excluding carboxylic acids is 1. The molecule has 0 N–H and O–H groups in total. The van der Waals surface area contributed by atoms with E-state index in [4.69, 9.17) is 0 Å². The van der Waals surface area contributed by atoms with Crippen molar-refractivity contribution >= 4 is 39.5 Å². The molecule has 4 nitrogen and oxygen atoms in total. The van der Waals surface area contributed by atoms with Gasteiger partial charge >= 0.3 is 5.97 Å². The predicted octanol–water partition coefficient (Wildman–Crippen LogP) is 3.42. The van der Waals surface area contributed by atoms with Gasteiger partial charge in [-0.05, 0) is 65.1 Å². The molecule has 20 heavy (non-hydrogen) atoms. The zero-order valence-corrected chi connectivity index (χ0v) is 12.9. The van der Waals surface area contributed by atoms with Gasteiger partial charge in [-0.25, -0.2) is 9.48 Å². The standard InChI is InChI=1S/C15H11IN2O2/c1-20-15(19)10-2-5-13(6-3-10)18-14-7-4-12(16)8-11(14)9-17-18/h2-9H,1H3. The number of methoxy groups -OCH3 is 1. The zero-order valence-electron chi connectivity index (χ0n) is 10.7. The van der Waals surface area contributed by atoms with Crippen LogP contribution in [0.2, 0.25) is 0 Å². The Morgan fingerprint density at radius 3 is 2.65 bits per heavy atom. The summed E-state index contributed by atoms with van der Waals surface area (Å²) in [5, 5.41) is 5.49. The van der Waals surface area contributed by atoms with Gasteiger partial charge in [-0.2, -0.15) is 5.10 Å². The quantitative estimate of drug-likeness (QED) is 0.507. The first kappa shape index (κ1) is 13.1. The molecule has 5 heteroatoms. The van der Waals surface area contributed by atoms with E-state index < -0.39 is 0 Å². The number of carbonyl (C=O) groups is 1. The molecule has 1 aromatic heterocycles. The summed E-state index contributed by atoms with van der Waals surface area (Å²) in [6, 6.07) is 13.4. The largest absolute Gasteiger partial charge is 0.465 e. The van der Waals surface area contributed by atoms with Crippen molar-refractivity contribution in [3.63, 3.8) is 0 Å². The highest BCUT2D eigenvalue weighted by atomic mass is 127. The normalized spacial score (nSPS) is 10.7. The average molecular weight is 378 g/mol. The molecule has 0 atom stereocenters. The molecule has 100 valence electrons. The molecule has 3 rings (SSSR count). The van der Waals surface area contributed by atoms with Crippen LogP contribution in [0.15, 0.2) is 48.7 Å². The van der Waals surface area contributed by atoms with Gasteiger partial charge in [-0.1, -0.05) is 0 Å². The van der Waals surface area contributed by atoms with Crippen molar-refractivity contribution in [2.24, 2.45) is 0 Å². The maximum Gasteiger partial charge on any atom is 0.337 e. The van der Waals surface area contributed by atoms with Crippen LogP contribution in [0.4, 0.5) is 0 Å². The molecular formula is C15H11IN2O2. The van der Waals surface area contributed by atoms with Gasteiger partial charge in [0.25, 0.3) is 0 Å². The monoisotopic (exact) mass is 378 g/mol. The highest BCUT2D eigenvalue weighted by molar-refractivity contribution is 14.1. The Hall–Kier alpha value is -1.89. The maximum atomic E-state index is 11.4. The van der Waals surface area contributed by atoms with E-state index in [9.17, 15) is 4.79 Å². The third-order valence-corrected chi connectivity index (χ3v) is 3.73. The summed E-state index contributed by atoms with van der Waals surface area (Å²) in [5.41, 5.74) is 2.48.